The predicted molar refractivity (Wildman–Crippen MR) is 74.4 cm³/mol. The van der Waals surface area contributed by atoms with Crippen LogP contribution in [-0.2, 0) is 9.53 Å². The maximum Gasteiger partial charge on any atom is 0.237 e. The molecule has 4 nitrogen and oxygen atoms in total. The van der Waals surface area contributed by atoms with Crippen molar-refractivity contribution in [1.82, 2.24) is 5.32 Å². The number of carbonyl (C=O) groups is 1. The Morgan fingerprint density at radius 3 is 2.58 bits per heavy atom. The summed E-state index contributed by atoms with van der Waals surface area (Å²) in [6.45, 7) is 8.74. The zero-order valence-corrected chi connectivity index (χ0v) is 12.5. The van der Waals surface area contributed by atoms with Crippen LogP contribution < -0.4 is 5.32 Å². The number of hydrogen-bond donors (Lipinski definition) is 1. The van der Waals surface area contributed by atoms with Gasteiger partial charge in [0.25, 0.3) is 0 Å². The highest BCUT2D eigenvalue weighted by Gasteiger charge is 2.36. The van der Waals surface area contributed by atoms with Gasteiger partial charge in [-0.3, -0.25) is 4.79 Å². The van der Waals surface area contributed by atoms with Crippen LogP contribution in [0.2, 0.25) is 0 Å². The van der Waals surface area contributed by atoms with E-state index in [0.717, 1.165) is 25.7 Å². The summed E-state index contributed by atoms with van der Waals surface area (Å²) in [4.78, 5) is 12.1. The van der Waals surface area contributed by atoms with Gasteiger partial charge >= 0.3 is 0 Å². The minimum absolute atomic E-state index is 0.0481. The van der Waals surface area contributed by atoms with Gasteiger partial charge in [0.2, 0.25) is 5.91 Å². The molecule has 19 heavy (non-hydrogen) atoms. The van der Waals surface area contributed by atoms with Gasteiger partial charge in [-0.2, -0.15) is 5.26 Å². The molecular weight excluding hydrogens is 240 g/mol. The van der Waals surface area contributed by atoms with Crippen LogP contribution in [0.5, 0.6) is 0 Å². The molecule has 4 heteroatoms. The number of carbonyl (C=O) groups excluding carboxylic acids is 1. The Bertz CT molecular complexity index is 343. The van der Waals surface area contributed by atoms with Gasteiger partial charge in [-0.05, 0) is 31.6 Å². The SMILES string of the molecule is CCC1(CC)CC(NC(=O)C(C#N)C(C)C)CCO1. The lowest BCUT2D eigenvalue weighted by atomic mass is 9.85. The van der Waals surface area contributed by atoms with Crippen molar-refractivity contribution in [1.29, 1.82) is 5.26 Å². The highest BCUT2D eigenvalue weighted by atomic mass is 16.5. The van der Waals surface area contributed by atoms with E-state index < -0.39 is 5.92 Å². The standard InChI is InChI=1S/C15H26N2O2/c1-5-15(6-2)9-12(7-8-19-15)17-14(18)13(10-16)11(3)4/h11-13H,5-9H2,1-4H3,(H,17,18). The van der Waals surface area contributed by atoms with E-state index >= 15 is 0 Å². The molecule has 1 N–H and O–H groups in total. The number of nitriles is 1. The summed E-state index contributed by atoms with van der Waals surface area (Å²) in [5.74, 6) is -0.641. The van der Waals surface area contributed by atoms with Gasteiger partial charge in [0.05, 0.1) is 11.7 Å². The Hall–Kier alpha value is -1.08. The third kappa shape index (κ3) is 3.94. The highest BCUT2D eigenvalue weighted by molar-refractivity contribution is 5.81. The average Bonchev–Trinajstić information content (AvgIpc) is 2.39. The molecule has 1 rings (SSSR count). The lowest BCUT2D eigenvalue weighted by Gasteiger charge is -2.40. The minimum atomic E-state index is -0.555. The van der Waals surface area contributed by atoms with Crippen molar-refractivity contribution in [2.75, 3.05) is 6.61 Å². The van der Waals surface area contributed by atoms with E-state index in [1.807, 2.05) is 13.8 Å². The second kappa shape index (κ2) is 6.91. The fourth-order valence-electron chi connectivity index (χ4n) is 2.70. The Morgan fingerprint density at radius 2 is 2.11 bits per heavy atom. The fourth-order valence-corrected chi connectivity index (χ4v) is 2.70. The molecule has 108 valence electrons. The van der Waals surface area contributed by atoms with E-state index in [9.17, 15) is 4.79 Å². The van der Waals surface area contributed by atoms with Crippen LogP contribution in [0.3, 0.4) is 0 Å². The molecule has 2 atom stereocenters. The molecule has 1 fully saturated rings. The normalized spacial score (nSPS) is 23.7. The quantitative estimate of drug-likeness (QED) is 0.832. The van der Waals surface area contributed by atoms with Gasteiger partial charge in [-0.1, -0.05) is 27.7 Å². The molecule has 0 spiro atoms. The minimum Gasteiger partial charge on any atom is -0.375 e. The molecule has 1 amide bonds. The molecule has 2 unspecified atom stereocenters. The first-order valence-corrected chi connectivity index (χ1v) is 7.32. The van der Waals surface area contributed by atoms with E-state index in [1.165, 1.54) is 0 Å². The van der Waals surface area contributed by atoms with Crippen LogP contribution in [0.15, 0.2) is 0 Å². The third-order valence-corrected chi connectivity index (χ3v) is 4.22. The summed E-state index contributed by atoms with van der Waals surface area (Å²) in [7, 11) is 0. The summed E-state index contributed by atoms with van der Waals surface area (Å²) in [6, 6.07) is 2.23. The second-order valence-electron chi connectivity index (χ2n) is 5.79. The largest absolute Gasteiger partial charge is 0.375 e. The second-order valence-corrected chi connectivity index (χ2v) is 5.79. The van der Waals surface area contributed by atoms with Crippen LogP contribution in [0.1, 0.15) is 53.4 Å². The van der Waals surface area contributed by atoms with Crippen molar-refractivity contribution in [3.05, 3.63) is 0 Å². The number of ether oxygens (including phenoxy) is 1. The van der Waals surface area contributed by atoms with Crippen molar-refractivity contribution in [3.8, 4) is 6.07 Å². The van der Waals surface area contributed by atoms with Gasteiger partial charge in [0.15, 0.2) is 0 Å². The summed E-state index contributed by atoms with van der Waals surface area (Å²) in [6.07, 6.45) is 3.61. The number of nitrogens with one attached hydrogen (secondary N) is 1. The third-order valence-electron chi connectivity index (χ3n) is 4.22. The molecule has 0 aliphatic carbocycles. The maximum atomic E-state index is 12.1. The number of nitrogens with zero attached hydrogens (tertiary/aromatic N) is 1. The molecule has 1 aliphatic rings. The number of rotatable bonds is 5. The van der Waals surface area contributed by atoms with Crippen LogP contribution in [-0.4, -0.2) is 24.2 Å². The molecular formula is C15H26N2O2. The lowest BCUT2D eigenvalue weighted by Crippen LogP contribution is -2.49. The molecule has 0 saturated carbocycles. The van der Waals surface area contributed by atoms with E-state index in [2.05, 4.69) is 25.2 Å². The van der Waals surface area contributed by atoms with Crippen LogP contribution >= 0.6 is 0 Å². The first kappa shape index (κ1) is 16.0. The molecule has 1 heterocycles. The van der Waals surface area contributed by atoms with Crippen molar-refractivity contribution in [2.24, 2.45) is 11.8 Å². The van der Waals surface area contributed by atoms with Crippen molar-refractivity contribution in [3.63, 3.8) is 0 Å². The molecule has 0 bridgehead atoms. The van der Waals surface area contributed by atoms with E-state index in [0.29, 0.717) is 6.61 Å². The molecule has 1 aliphatic heterocycles. The number of amides is 1. The Kier molecular flexibility index (Phi) is 5.81. The van der Waals surface area contributed by atoms with E-state index in [4.69, 9.17) is 10.00 Å². The van der Waals surface area contributed by atoms with Gasteiger partial charge < -0.3 is 10.1 Å². The molecule has 0 aromatic heterocycles. The van der Waals surface area contributed by atoms with Gasteiger partial charge in [-0.15, -0.1) is 0 Å². The molecule has 0 radical (unpaired) electrons. The summed E-state index contributed by atoms with van der Waals surface area (Å²) in [5, 5.41) is 12.1. The monoisotopic (exact) mass is 266 g/mol. The van der Waals surface area contributed by atoms with Crippen molar-refractivity contribution < 1.29 is 9.53 Å². The van der Waals surface area contributed by atoms with Crippen molar-refractivity contribution in [2.45, 2.75) is 65.0 Å². The molecule has 1 saturated heterocycles. The van der Waals surface area contributed by atoms with Crippen LogP contribution in [0.4, 0.5) is 0 Å². The number of hydrogen-bond acceptors (Lipinski definition) is 3. The summed E-state index contributed by atoms with van der Waals surface area (Å²) >= 11 is 0. The summed E-state index contributed by atoms with van der Waals surface area (Å²) < 4.78 is 5.89. The first-order valence-electron chi connectivity index (χ1n) is 7.32. The Labute approximate surface area is 116 Å². The zero-order valence-electron chi connectivity index (χ0n) is 12.5. The van der Waals surface area contributed by atoms with Crippen LogP contribution in [0.25, 0.3) is 0 Å². The molecule has 0 aromatic rings. The van der Waals surface area contributed by atoms with Gasteiger partial charge in [-0.25, -0.2) is 0 Å². The van der Waals surface area contributed by atoms with Gasteiger partial charge in [0, 0.05) is 12.6 Å². The Balaban J connectivity index is 2.62. The smallest absolute Gasteiger partial charge is 0.237 e. The maximum absolute atomic E-state index is 12.1. The van der Waals surface area contributed by atoms with Crippen molar-refractivity contribution >= 4 is 5.91 Å². The summed E-state index contributed by atoms with van der Waals surface area (Å²) in [5.41, 5.74) is -0.101. The molecule has 0 aromatic carbocycles. The first-order chi connectivity index (χ1) is 8.98. The Morgan fingerprint density at radius 1 is 1.47 bits per heavy atom. The average molecular weight is 266 g/mol. The zero-order chi connectivity index (χ0) is 14.5. The van der Waals surface area contributed by atoms with E-state index in [1.54, 1.807) is 0 Å². The predicted octanol–water partition coefficient (Wildman–Crippen LogP) is 2.64. The van der Waals surface area contributed by atoms with Crippen LogP contribution in [0, 0.1) is 23.2 Å². The highest BCUT2D eigenvalue weighted by Crippen LogP contribution is 2.31. The van der Waals surface area contributed by atoms with E-state index in [-0.39, 0.29) is 23.5 Å². The van der Waals surface area contributed by atoms with Gasteiger partial charge in [0.1, 0.15) is 5.92 Å². The topological polar surface area (TPSA) is 62.1 Å². The lowest BCUT2D eigenvalue weighted by molar-refractivity contribution is -0.129. The fraction of sp³-hybridized carbons (Fsp3) is 0.867.